The topological polar surface area (TPSA) is 38.7 Å². The molecule has 8 heteroatoms. The standard InChI is InChI=1S/C17H11BrF3N3O/c18-13-9-15-16(25)23(11-7-5-10(6-8-11)17(19,20)21)22-24(15)14-4-2-1-3-12(13)14/h1-9,22,25H. The van der Waals surface area contributed by atoms with Crippen LogP contribution in [0.3, 0.4) is 0 Å². The predicted octanol–water partition coefficient (Wildman–Crippen LogP) is 4.93. The number of nitrogens with one attached hydrogen (secondary N) is 1. The molecule has 2 heterocycles. The average Bonchev–Trinajstić information content (AvgIpc) is 2.92. The Hall–Kier alpha value is -2.45. The van der Waals surface area contributed by atoms with E-state index >= 15 is 0 Å². The first kappa shape index (κ1) is 16.0. The summed E-state index contributed by atoms with van der Waals surface area (Å²) in [4.78, 5) is 0. The van der Waals surface area contributed by atoms with Gasteiger partial charge in [-0.05, 0) is 36.4 Å². The van der Waals surface area contributed by atoms with Crippen LogP contribution in [0, 0.1) is 0 Å². The van der Waals surface area contributed by atoms with Gasteiger partial charge in [0.1, 0.15) is 5.70 Å². The van der Waals surface area contributed by atoms with Crippen LogP contribution in [0.5, 0.6) is 0 Å². The maximum absolute atomic E-state index is 12.7. The van der Waals surface area contributed by atoms with Gasteiger partial charge in [-0.2, -0.15) is 13.2 Å². The van der Waals surface area contributed by atoms with Gasteiger partial charge in [-0.3, -0.25) is 5.01 Å². The van der Waals surface area contributed by atoms with Crippen molar-refractivity contribution in [2.75, 3.05) is 10.0 Å². The van der Waals surface area contributed by atoms with E-state index in [1.54, 1.807) is 11.1 Å². The van der Waals surface area contributed by atoms with Crippen molar-refractivity contribution < 1.29 is 18.3 Å². The van der Waals surface area contributed by atoms with Crippen molar-refractivity contribution in [1.82, 2.24) is 5.53 Å². The lowest BCUT2D eigenvalue weighted by molar-refractivity contribution is -0.137. The van der Waals surface area contributed by atoms with Crippen LogP contribution in [0.1, 0.15) is 11.1 Å². The van der Waals surface area contributed by atoms with E-state index in [1.807, 2.05) is 24.3 Å². The molecule has 0 unspecified atom stereocenters. The van der Waals surface area contributed by atoms with Crippen LogP contribution < -0.4 is 15.6 Å². The quantitative estimate of drug-likeness (QED) is 0.700. The molecular formula is C17H11BrF3N3O. The van der Waals surface area contributed by atoms with E-state index < -0.39 is 11.7 Å². The smallest absolute Gasteiger partial charge is 0.416 e. The monoisotopic (exact) mass is 409 g/mol. The highest BCUT2D eigenvalue weighted by atomic mass is 79.9. The molecule has 0 amide bonds. The zero-order valence-electron chi connectivity index (χ0n) is 12.5. The number of rotatable bonds is 1. The zero-order chi connectivity index (χ0) is 17.8. The van der Waals surface area contributed by atoms with Gasteiger partial charge >= 0.3 is 6.18 Å². The molecule has 25 heavy (non-hydrogen) atoms. The Morgan fingerprint density at radius 3 is 2.32 bits per heavy atom. The second kappa shape index (κ2) is 5.53. The molecule has 0 bridgehead atoms. The molecule has 2 aromatic rings. The molecule has 0 aliphatic carbocycles. The first-order chi connectivity index (χ1) is 11.9. The predicted molar refractivity (Wildman–Crippen MR) is 92.5 cm³/mol. The minimum absolute atomic E-state index is 0.105. The fraction of sp³-hybridized carbons (Fsp3) is 0.0588. The fourth-order valence-corrected chi connectivity index (χ4v) is 3.33. The lowest BCUT2D eigenvalue weighted by Crippen LogP contribution is -2.42. The van der Waals surface area contributed by atoms with Gasteiger partial charge in [-0.15, -0.1) is 5.53 Å². The van der Waals surface area contributed by atoms with Gasteiger partial charge in [0.05, 0.1) is 16.9 Å². The summed E-state index contributed by atoms with van der Waals surface area (Å²) in [6.45, 7) is 0. The number of anilines is 2. The van der Waals surface area contributed by atoms with Crippen molar-refractivity contribution in [2.45, 2.75) is 6.18 Å². The lowest BCUT2D eigenvalue weighted by atomic mass is 10.1. The van der Waals surface area contributed by atoms with Gasteiger partial charge in [-0.25, -0.2) is 5.01 Å². The van der Waals surface area contributed by atoms with Crippen molar-refractivity contribution in [2.24, 2.45) is 0 Å². The van der Waals surface area contributed by atoms with Crippen molar-refractivity contribution in [3.63, 3.8) is 0 Å². The summed E-state index contributed by atoms with van der Waals surface area (Å²) < 4.78 is 38.9. The summed E-state index contributed by atoms with van der Waals surface area (Å²) in [5.41, 5.74) is 4.87. The number of hydrogen-bond acceptors (Lipinski definition) is 4. The minimum Gasteiger partial charge on any atom is -0.492 e. The molecule has 0 aromatic heterocycles. The zero-order valence-corrected chi connectivity index (χ0v) is 14.1. The number of allylic oxidation sites excluding steroid dienone is 1. The van der Waals surface area contributed by atoms with Crippen LogP contribution in [0.15, 0.2) is 66.2 Å². The third-order valence-electron chi connectivity index (χ3n) is 4.00. The van der Waals surface area contributed by atoms with E-state index in [0.717, 1.165) is 27.9 Å². The van der Waals surface area contributed by atoms with Crippen LogP contribution >= 0.6 is 15.9 Å². The number of aliphatic hydroxyl groups excluding tert-OH is 1. The number of hydrazine groups is 2. The van der Waals surface area contributed by atoms with Crippen LogP contribution in [0.2, 0.25) is 0 Å². The van der Waals surface area contributed by atoms with Gasteiger partial charge in [0.15, 0.2) is 0 Å². The number of para-hydroxylation sites is 1. The Labute approximate surface area is 149 Å². The molecule has 4 nitrogen and oxygen atoms in total. The van der Waals surface area contributed by atoms with Crippen molar-refractivity contribution in [3.05, 3.63) is 77.3 Å². The highest BCUT2D eigenvalue weighted by Crippen LogP contribution is 2.41. The molecule has 0 atom stereocenters. The minimum atomic E-state index is -4.40. The molecular weight excluding hydrogens is 399 g/mol. The van der Waals surface area contributed by atoms with Crippen LogP contribution in [-0.4, -0.2) is 5.11 Å². The SMILES string of the molecule is OC1=C2C=C(Br)c3ccccc3N2NN1c1ccc(C(F)(F)F)cc1. The molecule has 0 radical (unpaired) electrons. The maximum Gasteiger partial charge on any atom is 0.416 e. The maximum atomic E-state index is 12.7. The van der Waals surface area contributed by atoms with E-state index in [4.69, 9.17) is 0 Å². The Balaban J connectivity index is 1.72. The summed E-state index contributed by atoms with van der Waals surface area (Å²) >= 11 is 3.48. The van der Waals surface area contributed by atoms with E-state index in [9.17, 15) is 18.3 Å². The first-order valence-electron chi connectivity index (χ1n) is 7.30. The second-order valence-corrected chi connectivity index (χ2v) is 6.39. The molecule has 4 rings (SSSR count). The molecule has 0 spiro atoms. The van der Waals surface area contributed by atoms with Gasteiger partial charge in [0.2, 0.25) is 5.88 Å². The number of benzene rings is 2. The molecule has 2 aliphatic rings. The molecule has 2 N–H and O–H groups in total. The van der Waals surface area contributed by atoms with E-state index in [2.05, 4.69) is 21.5 Å². The Morgan fingerprint density at radius 1 is 0.960 bits per heavy atom. The van der Waals surface area contributed by atoms with Crippen molar-refractivity contribution in [1.29, 1.82) is 0 Å². The van der Waals surface area contributed by atoms with Gasteiger partial charge < -0.3 is 5.11 Å². The summed E-state index contributed by atoms with van der Waals surface area (Å²) in [5, 5.41) is 13.5. The van der Waals surface area contributed by atoms with Crippen LogP contribution in [0.25, 0.3) is 4.48 Å². The van der Waals surface area contributed by atoms with Crippen molar-refractivity contribution in [3.8, 4) is 0 Å². The van der Waals surface area contributed by atoms with Crippen LogP contribution in [0.4, 0.5) is 24.5 Å². The van der Waals surface area contributed by atoms with Crippen LogP contribution in [-0.2, 0) is 6.18 Å². The number of hydrogen-bond donors (Lipinski definition) is 2. The fourth-order valence-electron chi connectivity index (χ4n) is 2.78. The number of alkyl halides is 3. The second-order valence-electron chi connectivity index (χ2n) is 5.53. The summed E-state index contributed by atoms with van der Waals surface area (Å²) in [7, 11) is 0. The number of fused-ring (bicyclic) bond motifs is 3. The van der Waals surface area contributed by atoms with E-state index in [1.165, 1.54) is 17.1 Å². The Morgan fingerprint density at radius 2 is 1.64 bits per heavy atom. The summed E-state index contributed by atoms with van der Waals surface area (Å²) in [6.07, 6.45) is -2.66. The Bertz CT molecular complexity index is 906. The largest absolute Gasteiger partial charge is 0.492 e. The highest BCUT2D eigenvalue weighted by Gasteiger charge is 2.35. The summed E-state index contributed by atoms with van der Waals surface area (Å²) in [6, 6.07) is 12.1. The van der Waals surface area contributed by atoms with Crippen molar-refractivity contribution >= 4 is 31.8 Å². The molecule has 128 valence electrons. The van der Waals surface area contributed by atoms with Gasteiger partial charge in [-0.1, -0.05) is 34.1 Å². The Kier molecular flexibility index (Phi) is 3.55. The average molecular weight is 410 g/mol. The molecule has 0 saturated carbocycles. The summed E-state index contributed by atoms with van der Waals surface area (Å²) in [5.74, 6) is -0.105. The van der Waals surface area contributed by atoms with Gasteiger partial charge in [0.25, 0.3) is 0 Å². The normalized spacial score (nSPS) is 16.7. The molecule has 2 aliphatic heterocycles. The number of aliphatic hydroxyl groups is 1. The number of halogens is 4. The first-order valence-corrected chi connectivity index (χ1v) is 8.09. The molecule has 2 aromatic carbocycles. The van der Waals surface area contributed by atoms with E-state index in [0.29, 0.717) is 11.4 Å². The van der Waals surface area contributed by atoms with Gasteiger partial charge in [0, 0.05) is 10.0 Å². The molecule has 0 saturated heterocycles. The third-order valence-corrected chi connectivity index (χ3v) is 4.66. The number of nitrogens with zero attached hydrogens (tertiary/aromatic N) is 2. The molecule has 0 fully saturated rings. The third kappa shape index (κ3) is 2.58. The highest BCUT2D eigenvalue weighted by molar-refractivity contribution is 9.15. The lowest BCUT2D eigenvalue weighted by Gasteiger charge is -2.28. The van der Waals surface area contributed by atoms with E-state index in [-0.39, 0.29) is 5.88 Å².